The Bertz CT molecular complexity index is 1040. The zero-order chi connectivity index (χ0) is 18.4. The van der Waals surface area contributed by atoms with E-state index in [1.807, 2.05) is 36.4 Å². The quantitative estimate of drug-likeness (QED) is 0.770. The molecule has 0 fully saturated rings. The molecule has 1 aliphatic carbocycles. The van der Waals surface area contributed by atoms with Gasteiger partial charge in [0.15, 0.2) is 5.78 Å². The number of hydrogen-bond acceptors (Lipinski definition) is 6. The van der Waals surface area contributed by atoms with Crippen LogP contribution >= 0.6 is 0 Å². The molecule has 5 rings (SSSR count). The molecule has 0 radical (unpaired) electrons. The van der Waals surface area contributed by atoms with Crippen molar-refractivity contribution in [3.63, 3.8) is 0 Å². The standard InChI is InChI=1S/C20H18N4O3/c1-26-17-6-3-2-5-13(17)19-18-14(23-20-21-11-22-24(19)20)9-12(10-15(18)25)16-7-4-8-27-16/h2-8,11-12,19H,9-10H2,1H3,(H,21,22,23)/t12-,19+/m0/s1. The lowest BCUT2D eigenvalue weighted by Gasteiger charge is -2.34. The molecule has 1 N–H and O–H groups in total. The van der Waals surface area contributed by atoms with Gasteiger partial charge in [0.25, 0.3) is 0 Å². The van der Waals surface area contributed by atoms with Crippen molar-refractivity contribution in [3.05, 3.63) is 71.6 Å². The first-order valence-electron chi connectivity index (χ1n) is 8.85. The minimum absolute atomic E-state index is 0.0199. The number of methoxy groups -OCH3 is 1. The largest absolute Gasteiger partial charge is 0.496 e. The fourth-order valence-corrected chi connectivity index (χ4v) is 4.06. The second-order valence-electron chi connectivity index (χ2n) is 6.73. The third-order valence-corrected chi connectivity index (χ3v) is 5.24. The first-order chi connectivity index (χ1) is 13.3. The van der Waals surface area contributed by atoms with E-state index in [2.05, 4.69) is 15.4 Å². The van der Waals surface area contributed by atoms with E-state index in [9.17, 15) is 4.79 Å². The molecule has 7 heteroatoms. The smallest absolute Gasteiger partial charge is 0.226 e. The molecule has 1 aromatic carbocycles. The molecule has 136 valence electrons. The number of aromatic nitrogens is 3. The molecule has 0 saturated heterocycles. The Balaban J connectivity index is 1.65. The van der Waals surface area contributed by atoms with E-state index in [4.69, 9.17) is 9.15 Å². The number of Topliss-reactive ketones (excluding diaryl/α,β-unsaturated/α-hetero) is 1. The van der Waals surface area contributed by atoms with Gasteiger partial charge in [0, 0.05) is 29.2 Å². The number of rotatable bonds is 3. The summed E-state index contributed by atoms with van der Waals surface area (Å²) < 4.78 is 12.9. The third kappa shape index (κ3) is 2.46. The molecule has 0 unspecified atom stereocenters. The van der Waals surface area contributed by atoms with E-state index in [1.165, 1.54) is 6.33 Å². The fraction of sp³-hybridized carbons (Fsp3) is 0.250. The summed E-state index contributed by atoms with van der Waals surface area (Å²) in [6.07, 6.45) is 4.24. The number of furan rings is 1. The molecular formula is C20H18N4O3. The van der Waals surface area contributed by atoms with Gasteiger partial charge in [-0.15, -0.1) is 0 Å². The van der Waals surface area contributed by atoms with Crippen LogP contribution in [0.3, 0.4) is 0 Å². The molecule has 7 nitrogen and oxygen atoms in total. The molecule has 2 aromatic heterocycles. The van der Waals surface area contributed by atoms with Crippen molar-refractivity contribution in [2.75, 3.05) is 12.4 Å². The molecule has 1 aliphatic heterocycles. The second kappa shape index (κ2) is 6.12. The van der Waals surface area contributed by atoms with Crippen molar-refractivity contribution in [1.29, 1.82) is 0 Å². The Hall–Kier alpha value is -3.35. The van der Waals surface area contributed by atoms with E-state index in [-0.39, 0.29) is 17.7 Å². The summed E-state index contributed by atoms with van der Waals surface area (Å²) in [5, 5.41) is 7.67. The Morgan fingerprint density at radius 3 is 2.93 bits per heavy atom. The number of ether oxygens (including phenoxy) is 1. The van der Waals surface area contributed by atoms with Crippen molar-refractivity contribution in [2.24, 2.45) is 0 Å². The summed E-state index contributed by atoms with van der Waals surface area (Å²) in [7, 11) is 1.63. The molecule has 3 aromatic rings. The minimum Gasteiger partial charge on any atom is -0.496 e. The summed E-state index contributed by atoms with van der Waals surface area (Å²) in [6.45, 7) is 0. The zero-order valence-corrected chi connectivity index (χ0v) is 14.8. The SMILES string of the molecule is COc1ccccc1[C@@H]1C2=C(C[C@H](c3ccco3)CC2=O)Nc2ncnn21. The van der Waals surface area contributed by atoms with Gasteiger partial charge in [0.2, 0.25) is 5.95 Å². The lowest BCUT2D eigenvalue weighted by atomic mass is 9.79. The van der Waals surface area contributed by atoms with Crippen molar-refractivity contribution in [1.82, 2.24) is 14.8 Å². The number of anilines is 1. The maximum atomic E-state index is 13.2. The fourth-order valence-electron chi connectivity index (χ4n) is 4.06. The van der Waals surface area contributed by atoms with E-state index >= 15 is 0 Å². The highest BCUT2D eigenvalue weighted by Gasteiger charge is 2.40. The predicted octanol–water partition coefficient (Wildman–Crippen LogP) is 3.30. The van der Waals surface area contributed by atoms with Crippen LogP contribution in [0.2, 0.25) is 0 Å². The average molecular weight is 362 g/mol. The molecule has 0 spiro atoms. The number of carbonyl (C=O) groups excluding carboxylic acids is 1. The predicted molar refractivity (Wildman–Crippen MR) is 97.5 cm³/mol. The Morgan fingerprint density at radius 2 is 2.11 bits per heavy atom. The summed E-state index contributed by atoms with van der Waals surface area (Å²) in [6, 6.07) is 11.1. The minimum atomic E-state index is -0.361. The molecule has 0 amide bonds. The average Bonchev–Trinajstić information content (AvgIpc) is 3.38. The normalized spacial score (nSPS) is 21.4. The number of carbonyl (C=O) groups is 1. The van der Waals surface area contributed by atoms with Crippen LogP contribution in [0.4, 0.5) is 5.95 Å². The van der Waals surface area contributed by atoms with Gasteiger partial charge in [-0.25, -0.2) is 4.68 Å². The number of nitrogens with zero attached hydrogens (tertiary/aromatic N) is 3. The number of hydrogen-bond donors (Lipinski definition) is 1. The molecule has 2 atom stereocenters. The van der Waals surface area contributed by atoms with Gasteiger partial charge in [-0.05, 0) is 24.6 Å². The van der Waals surface area contributed by atoms with Gasteiger partial charge in [0.05, 0.1) is 13.4 Å². The van der Waals surface area contributed by atoms with Crippen LogP contribution in [-0.4, -0.2) is 27.7 Å². The van der Waals surface area contributed by atoms with Crippen molar-refractivity contribution in [3.8, 4) is 5.75 Å². The number of nitrogens with one attached hydrogen (secondary N) is 1. The van der Waals surface area contributed by atoms with E-state index in [1.54, 1.807) is 18.1 Å². The summed E-state index contributed by atoms with van der Waals surface area (Å²) in [4.78, 5) is 17.5. The van der Waals surface area contributed by atoms with Gasteiger partial charge in [-0.3, -0.25) is 4.79 Å². The molecular weight excluding hydrogens is 344 g/mol. The zero-order valence-electron chi connectivity index (χ0n) is 14.8. The van der Waals surface area contributed by atoms with Crippen LogP contribution in [0.15, 0.2) is 64.7 Å². The van der Waals surface area contributed by atoms with Crippen LogP contribution in [0.25, 0.3) is 0 Å². The molecule has 27 heavy (non-hydrogen) atoms. The Morgan fingerprint density at radius 1 is 1.22 bits per heavy atom. The van der Waals surface area contributed by atoms with Crippen LogP contribution in [-0.2, 0) is 4.79 Å². The molecule has 3 heterocycles. The first kappa shape index (κ1) is 15.9. The van der Waals surface area contributed by atoms with E-state index in [0.717, 1.165) is 28.3 Å². The number of allylic oxidation sites excluding steroid dienone is 2. The maximum Gasteiger partial charge on any atom is 0.226 e. The van der Waals surface area contributed by atoms with Crippen LogP contribution < -0.4 is 10.1 Å². The first-order valence-corrected chi connectivity index (χ1v) is 8.85. The van der Waals surface area contributed by atoms with Crippen LogP contribution in [0.5, 0.6) is 5.75 Å². The van der Waals surface area contributed by atoms with Crippen LogP contribution in [0, 0.1) is 0 Å². The number of benzene rings is 1. The van der Waals surface area contributed by atoms with Crippen molar-refractivity contribution >= 4 is 11.7 Å². The van der Waals surface area contributed by atoms with Gasteiger partial charge < -0.3 is 14.5 Å². The summed E-state index contributed by atoms with van der Waals surface area (Å²) in [5.41, 5.74) is 2.50. The monoisotopic (exact) mass is 362 g/mol. The van der Waals surface area contributed by atoms with Gasteiger partial charge in [0.1, 0.15) is 23.9 Å². The molecule has 2 aliphatic rings. The van der Waals surface area contributed by atoms with Crippen molar-refractivity contribution in [2.45, 2.75) is 24.8 Å². The summed E-state index contributed by atoms with van der Waals surface area (Å²) in [5.74, 6) is 2.28. The maximum absolute atomic E-state index is 13.2. The topological polar surface area (TPSA) is 82.2 Å². The highest BCUT2D eigenvalue weighted by atomic mass is 16.5. The van der Waals surface area contributed by atoms with Gasteiger partial charge in [-0.2, -0.15) is 10.1 Å². The van der Waals surface area contributed by atoms with Gasteiger partial charge in [-0.1, -0.05) is 18.2 Å². The number of para-hydroxylation sites is 1. The Labute approximate surface area is 155 Å². The number of ketones is 1. The van der Waals surface area contributed by atoms with E-state index in [0.29, 0.717) is 18.8 Å². The highest BCUT2D eigenvalue weighted by Crippen LogP contribution is 2.45. The lowest BCUT2D eigenvalue weighted by molar-refractivity contribution is -0.117. The third-order valence-electron chi connectivity index (χ3n) is 5.24. The van der Waals surface area contributed by atoms with Crippen molar-refractivity contribution < 1.29 is 13.9 Å². The highest BCUT2D eigenvalue weighted by molar-refractivity contribution is 6.00. The second-order valence-corrected chi connectivity index (χ2v) is 6.73. The molecule has 0 saturated carbocycles. The number of fused-ring (bicyclic) bond motifs is 1. The molecule has 0 bridgehead atoms. The van der Waals surface area contributed by atoms with Gasteiger partial charge >= 0.3 is 0 Å². The Kier molecular flexibility index (Phi) is 3.60. The lowest BCUT2D eigenvalue weighted by Crippen LogP contribution is -2.33. The summed E-state index contributed by atoms with van der Waals surface area (Å²) >= 11 is 0. The van der Waals surface area contributed by atoms with Crippen LogP contribution in [0.1, 0.15) is 36.1 Å². The van der Waals surface area contributed by atoms with E-state index < -0.39 is 0 Å².